The Morgan fingerprint density at radius 3 is 2.40 bits per heavy atom. The van der Waals surface area contributed by atoms with Gasteiger partial charge in [-0.3, -0.25) is 4.79 Å². The molecule has 11 heteroatoms. The van der Waals surface area contributed by atoms with Crippen molar-refractivity contribution in [2.45, 2.75) is 24.0 Å². The molecule has 0 bridgehead atoms. The number of likely N-dealkylation sites (tertiary alicyclic amines) is 1. The van der Waals surface area contributed by atoms with E-state index in [1.807, 2.05) is 19.1 Å². The minimum absolute atomic E-state index is 0.0838. The number of aromatic nitrogens is 2. The van der Waals surface area contributed by atoms with E-state index >= 15 is 0 Å². The van der Waals surface area contributed by atoms with Gasteiger partial charge in [0.25, 0.3) is 5.91 Å². The Bertz CT molecular complexity index is 1340. The molecule has 0 radical (unpaired) electrons. The van der Waals surface area contributed by atoms with Gasteiger partial charge in [0.05, 0.1) is 20.6 Å². The number of hydrogen-bond acceptors (Lipinski definition) is 6. The number of rotatable bonds is 6. The maximum atomic E-state index is 13.3. The van der Waals surface area contributed by atoms with Crippen molar-refractivity contribution in [3.8, 4) is 5.88 Å². The van der Waals surface area contributed by atoms with Crippen LogP contribution in [0.1, 0.15) is 28.8 Å². The Morgan fingerprint density at radius 2 is 1.80 bits per heavy atom. The van der Waals surface area contributed by atoms with Crippen LogP contribution in [0.3, 0.4) is 0 Å². The molecule has 7 nitrogen and oxygen atoms in total. The van der Waals surface area contributed by atoms with Gasteiger partial charge in [-0.15, -0.1) is 0 Å². The molecule has 35 heavy (non-hydrogen) atoms. The molecule has 1 saturated heterocycles. The highest BCUT2D eigenvalue weighted by atomic mass is 35.5. The zero-order chi connectivity index (χ0) is 25.3. The largest absolute Gasteiger partial charge is 0.474 e. The molecule has 184 valence electrons. The molecule has 3 aromatic rings. The second kappa shape index (κ2) is 10.3. The van der Waals surface area contributed by atoms with Gasteiger partial charge in [-0.25, -0.2) is 18.4 Å². The third-order valence-electron chi connectivity index (χ3n) is 6.00. The lowest BCUT2D eigenvalue weighted by molar-refractivity contribution is 0.0769. The van der Waals surface area contributed by atoms with E-state index in [4.69, 9.17) is 39.5 Å². The molecule has 4 rings (SSSR count). The first-order valence-electron chi connectivity index (χ1n) is 10.7. The van der Waals surface area contributed by atoms with Crippen LogP contribution in [0.4, 0.5) is 0 Å². The summed E-state index contributed by atoms with van der Waals surface area (Å²) in [7, 11) is -3.46. The van der Waals surface area contributed by atoms with Crippen molar-refractivity contribution in [2.24, 2.45) is 5.92 Å². The van der Waals surface area contributed by atoms with Gasteiger partial charge in [-0.2, -0.15) is 0 Å². The van der Waals surface area contributed by atoms with E-state index in [0.29, 0.717) is 39.6 Å². The Kier molecular flexibility index (Phi) is 7.57. The number of ether oxygens (including phenoxy) is 1. The number of benzene rings is 1. The summed E-state index contributed by atoms with van der Waals surface area (Å²) in [6, 6.07) is 11.7. The first-order valence-corrected chi connectivity index (χ1v) is 13.7. The molecule has 1 aliphatic rings. The van der Waals surface area contributed by atoms with Gasteiger partial charge >= 0.3 is 0 Å². The topological polar surface area (TPSA) is 89.5 Å². The summed E-state index contributed by atoms with van der Waals surface area (Å²) in [6.45, 7) is 2.76. The van der Waals surface area contributed by atoms with Crippen molar-refractivity contribution in [1.29, 1.82) is 0 Å². The quantitative estimate of drug-likeness (QED) is 0.418. The molecule has 0 aliphatic carbocycles. The number of halogens is 3. The van der Waals surface area contributed by atoms with E-state index < -0.39 is 9.84 Å². The van der Waals surface area contributed by atoms with Crippen molar-refractivity contribution in [1.82, 2.24) is 14.9 Å². The Labute approximate surface area is 218 Å². The van der Waals surface area contributed by atoms with Crippen LogP contribution < -0.4 is 4.74 Å². The van der Waals surface area contributed by atoms with Crippen LogP contribution in [0, 0.1) is 5.92 Å². The predicted octanol–water partition coefficient (Wildman–Crippen LogP) is 5.16. The fourth-order valence-electron chi connectivity index (χ4n) is 4.18. The van der Waals surface area contributed by atoms with Gasteiger partial charge in [0.1, 0.15) is 6.10 Å². The molecule has 0 unspecified atom stereocenters. The summed E-state index contributed by atoms with van der Waals surface area (Å²) in [5.41, 5.74) is 1.24. The molecule has 1 fully saturated rings. The molecule has 3 atom stereocenters. The van der Waals surface area contributed by atoms with Crippen molar-refractivity contribution < 1.29 is 17.9 Å². The average molecular weight is 555 g/mol. The number of pyridine rings is 2. The smallest absolute Gasteiger partial charge is 0.255 e. The van der Waals surface area contributed by atoms with Crippen LogP contribution in [-0.2, 0) is 9.84 Å². The summed E-state index contributed by atoms with van der Waals surface area (Å²) < 4.78 is 29.5. The second-order valence-corrected chi connectivity index (χ2v) is 11.7. The molecule has 1 aliphatic heterocycles. The van der Waals surface area contributed by atoms with Crippen LogP contribution in [0.2, 0.25) is 15.1 Å². The van der Waals surface area contributed by atoms with Gasteiger partial charge in [0.15, 0.2) is 14.9 Å². The molecule has 0 saturated carbocycles. The Morgan fingerprint density at radius 1 is 1.03 bits per heavy atom. The van der Waals surface area contributed by atoms with Gasteiger partial charge in [0.2, 0.25) is 5.88 Å². The standard InChI is InChI=1S/C24H22Cl3N3O4S/c1-14(34-22-7-5-17(25)11-28-22)18-12-30(13-19(18)15-3-6-20(26)21(27)9-15)24(31)16-4-8-23(29-10-16)35(2,32)33/h3-11,14,18-19H,12-13H2,1-2H3/t14-,18-,19+/m0/s1. The number of sulfone groups is 1. The lowest BCUT2D eigenvalue weighted by Crippen LogP contribution is -2.32. The maximum absolute atomic E-state index is 13.3. The first kappa shape index (κ1) is 25.7. The highest BCUT2D eigenvalue weighted by Gasteiger charge is 2.40. The number of nitrogens with zero attached hydrogens (tertiary/aromatic N) is 3. The van der Waals surface area contributed by atoms with E-state index in [-0.39, 0.29) is 28.9 Å². The number of hydrogen-bond donors (Lipinski definition) is 0. The van der Waals surface area contributed by atoms with Crippen LogP contribution in [-0.4, -0.2) is 54.6 Å². The van der Waals surface area contributed by atoms with Crippen LogP contribution in [0.5, 0.6) is 5.88 Å². The average Bonchev–Trinajstić information content (AvgIpc) is 3.27. The predicted molar refractivity (Wildman–Crippen MR) is 135 cm³/mol. The second-order valence-electron chi connectivity index (χ2n) is 8.45. The van der Waals surface area contributed by atoms with E-state index in [1.165, 1.54) is 24.5 Å². The van der Waals surface area contributed by atoms with Crippen LogP contribution >= 0.6 is 34.8 Å². The Balaban J connectivity index is 1.60. The molecule has 1 amide bonds. The maximum Gasteiger partial charge on any atom is 0.255 e. The molecule has 0 N–H and O–H groups in total. The highest BCUT2D eigenvalue weighted by Crippen LogP contribution is 2.38. The molecule has 0 spiro atoms. The SMILES string of the molecule is C[C@H](Oc1ccc(Cl)cn1)[C@@H]1CN(C(=O)c2ccc(S(C)(=O)=O)nc2)C[C@@H]1c1ccc(Cl)c(Cl)c1. The van der Waals surface area contributed by atoms with Crippen molar-refractivity contribution in [3.63, 3.8) is 0 Å². The number of carbonyl (C=O) groups is 1. The summed E-state index contributed by atoms with van der Waals surface area (Å²) >= 11 is 18.3. The van der Waals surface area contributed by atoms with Gasteiger partial charge in [-0.05, 0) is 42.8 Å². The fourth-order valence-corrected chi connectivity index (χ4v) is 5.16. The molecular formula is C24H22Cl3N3O4S. The summed E-state index contributed by atoms with van der Waals surface area (Å²) in [5, 5.41) is 1.30. The molecular weight excluding hydrogens is 533 g/mol. The van der Waals surface area contributed by atoms with E-state index in [1.54, 1.807) is 23.1 Å². The monoisotopic (exact) mass is 553 g/mol. The van der Waals surface area contributed by atoms with Gasteiger partial charge < -0.3 is 9.64 Å². The van der Waals surface area contributed by atoms with Crippen LogP contribution in [0.15, 0.2) is 59.9 Å². The summed E-state index contributed by atoms with van der Waals surface area (Å²) in [5.74, 6) is 0.0123. The highest BCUT2D eigenvalue weighted by molar-refractivity contribution is 7.90. The minimum atomic E-state index is -3.46. The summed E-state index contributed by atoms with van der Waals surface area (Å²) in [4.78, 5) is 23.2. The lowest BCUT2D eigenvalue weighted by Gasteiger charge is -2.25. The van der Waals surface area contributed by atoms with Crippen molar-refractivity contribution in [2.75, 3.05) is 19.3 Å². The molecule has 2 aromatic heterocycles. The van der Waals surface area contributed by atoms with E-state index in [9.17, 15) is 13.2 Å². The third-order valence-corrected chi connectivity index (χ3v) is 7.96. The lowest BCUT2D eigenvalue weighted by atomic mass is 9.86. The van der Waals surface area contributed by atoms with Crippen LogP contribution in [0.25, 0.3) is 0 Å². The number of carbonyl (C=O) groups excluding carboxylic acids is 1. The minimum Gasteiger partial charge on any atom is -0.474 e. The summed E-state index contributed by atoms with van der Waals surface area (Å²) in [6.07, 6.45) is 3.57. The molecule has 3 heterocycles. The van der Waals surface area contributed by atoms with Gasteiger partial charge in [0, 0.05) is 49.6 Å². The fraction of sp³-hybridized carbons (Fsp3) is 0.292. The van der Waals surface area contributed by atoms with E-state index in [0.717, 1.165) is 11.8 Å². The first-order chi connectivity index (χ1) is 16.5. The zero-order valence-electron chi connectivity index (χ0n) is 18.9. The zero-order valence-corrected chi connectivity index (χ0v) is 21.9. The number of amides is 1. The van der Waals surface area contributed by atoms with Gasteiger partial charge in [-0.1, -0.05) is 40.9 Å². The molecule has 1 aromatic carbocycles. The third kappa shape index (κ3) is 5.89. The van der Waals surface area contributed by atoms with Crippen molar-refractivity contribution >= 4 is 50.5 Å². The van der Waals surface area contributed by atoms with E-state index in [2.05, 4.69) is 9.97 Å². The normalized spacial score (nSPS) is 18.9. The Hall–Kier alpha value is -2.39. The van der Waals surface area contributed by atoms with Crippen molar-refractivity contribution in [3.05, 3.63) is 81.1 Å².